The lowest BCUT2D eigenvalue weighted by molar-refractivity contribution is -0.167. The van der Waals surface area contributed by atoms with Gasteiger partial charge in [-0.1, -0.05) is 0 Å². The van der Waals surface area contributed by atoms with E-state index in [0.717, 1.165) is 39.0 Å². The number of likely N-dealkylation sites (N-methyl/N-ethyl adjacent to an activating group) is 1. The van der Waals surface area contributed by atoms with Crippen molar-refractivity contribution in [3.63, 3.8) is 0 Å². The number of morpholine rings is 1. The van der Waals surface area contributed by atoms with E-state index >= 15 is 0 Å². The fourth-order valence-corrected chi connectivity index (χ4v) is 2.26. The quantitative estimate of drug-likeness (QED) is 0.644. The van der Waals surface area contributed by atoms with Crippen LogP contribution < -0.4 is 5.32 Å². The standard InChI is InChI=1S/C10H18N2O2/c1-2-12-8-10(14-7-9(12)13)3-5-11-6-4-10/h11H,2-8H2,1H3. The maximum Gasteiger partial charge on any atom is 0.248 e. The molecule has 0 unspecified atom stereocenters. The highest BCUT2D eigenvalue weighted by atomic mass is 16.5. The molecule has 2 aliphatic heterocycles. The molecule has 2 rings (SSSR count). The summed E-state index contributed by atoms with van der Waals surface area (Å²) in [6.07, 6.45) is 2.05. The normalized spacial score (nSPS) is 26.9. The number of rotatable bonds is 1. The second-order valence-corrected chi connectivity index (χ2v) is 4.13. The van der Waals surface area contributed by atoms with E-state index in [4.69, 9.17) is 4.74 Å². The number of piperidine rings is 1. The van der Waals surface area contributed by atoms with Crippen LogP contribution in [0.15, 0.2) is 0 Å². The lowest BCUT2D eigenvalue weighted by Gasteiger charge is -2.44. The molecule has 0 bridgehead atoms. The van der Waals surface area contributed by atoms with Crippen LogP contribution >= 0.6 is 0 Å². The zero-order chi connectivity index (χ0) is 10.0. The molecule has 0 atom stereocenters. The van der Waals surface area contributed by atoms with Gasteiger partial charge in [-0.15, -0.1) is 0 Å². The number of amides is 1. The predicted octanol–water partition coefficient (Wildman–Crippen LogP) is -0.0127. The summed E-state index contributed by atoms with van der Waals surface area (Å²) in [6, 6.07) is 0. The van der Waals surface area contributed by atoms with E-state index in [1.54, 1.807) is 0 Å². The Morgan fingerprint density at radius 1 is 1.50 bits per heavy atom. The van der Waals surface area contributed by atoms with Gasteiger partial charge in [0.25, 0.3) is 0 Å². The minimum atomic E-state index is -0.0465. The number of carbonyl (C=O) groups excluding carboxylic acids is 1. The molecule has 1 N–H and O–H groups in total. The molecule has 1 amide bonds. The number of carbonyl (C=O) groups is 1. The molecule has 0 aromatic heterocycles. The molecule has 2 heterocycles. The second kappa shape index (κ2) is 3.87. The summed E-state index contributed by atoms with van der Waals surface area (Å²) in [5.74, 6) is 0.136. The van der Waals surface area contributed by atoms with E-state index in [1.807, 2.05) is 11.8 Å². The Hall–Kier alpha value is -0.610. The molecule has 2 saturated heterocycles. The molecular weight excluding hydrogens is 180 g/mol. The zero-order valence-corrected chi connectivity index (χ0v) is 8.71. The van der Waals surface area contributed by atoms with E-state index in [2.05, 4.69) is 5.32 Å². The van der Waals surface area contributed by atoms with Gasteiger partial charge in [0, 0.05) is 13.1 Å². The average molecular weight is 198 g/mol. The fourth-order valence-electron chi connectivity index (χ4n) is 2.26. The van der Waals surface area contributed by atoms with Gasteiger partial charge in [-0.2, -0.15) is 0 Å². The summed E-state index contributed by atoms with van der Waals surface area (Å²) >= 11 is 0. The minimum absolute atomic E-state index is 0.0465. The smallest absolute Gasteiger partial charge is 0.248 e. The molecule has 0 aliphatic carbocycles. The molecule has 1 spiro atoms. The molecule has 0 saturated carbocycles. The van der Waals surface area contributed by atoms with Gasteiger partial charge in [-0.3, -0.25) is 4.79 Å². The third-order valence-corrected chi connectivity index (χ3v) is 3.23. The van der Waals surface area contributed by atoms with Crippen LogP contribution in [0.5, 0.6) is 0 Å². The highest BCUT2D eigenvalue weighted by Crippen LogP contribution is 2.27. The molecular formula is C10H18N2O2. The van der Waals surface area contributed by atoms with Crippen LogP contribution in [0.2, 0.25) is 0 Å². The summed E-state index contributed by atoms with van der Waals surface area (Å²) < 4.78 is 5.72. The number of ether oxygens (including phenoxy) is 1. The molecule has 4 nitrogen and oxygen atoms in total. The van der Waals surface area contributed by atoms with Gasteiger partial charge in [-0.25, -0.2) is 0 Å². The Bertz CT molecular complexity index is 224. The van der Waals surface area contributed by atoms with Crippen molar-refractivity contribution in [2.24, 2.45) is 0 Å². The minimum Gasteiger partial charge on any atom is -0.363 e. The van der Waals surface area contributed by atoms with Gasteiger partial charge in [0.05, 0.1) is 5.60 Å². The maximum absolute atomic E-state index is 11.4. The van der Waals surface area contributed by atoms with Crippen LogP contribution in [-0.4, -0.2) is 49.2 Å². The SMILES string of the molecule is CCN1CC2(CCNCC2)OCC1=O. The lowest BCUT2D eigenvalue weighted by atomic mass is 9.90. The summed E-state index contributed by atoms with van der Waals surface area (Å²) in [7, 11) is 0. The van der Waals surface area contributed by atoms with Crippen molar-refractivity contribution >= 4 is 5.91 Å². The van der Waals surface area contributed by atoms with Crippen molar-refractivity contribution < 1.29 is 9.53 Å². The van der Waals surface area contributed by atoms with Crippen molar-refractivity contribution in [3.8, 4) is 0 Å². The van der Waals surface area contributed by atoms with E-state index in [9.17, 15) is 4.79 Å². The summed E-state index contributed by atoms with van der Waals surface area (Å²) in [5, 5.41) is 3.32. The predicted molar refractivity (Wildman–Crippen MR) is 53.0 cm³/mol. The van der Waals surface area contributed by atoms with Gasteiger partial charge >= 0.3 is 0 Å². The number of hydrogen-bond donors (Lipinski definition) is 1. The van der Waals surface area contributed by atoms with Crippen molar-refractivity contribution in [3.05, 3.63) is 0 Å². The maximum atomic E-state index is 11.4. The Morgan fingerprint density at radius 3 is 2.86 bits per heavy atom. The Labute approximate surface area is 84.6 Å². The molecule has 2 fully saturated rings. The Kier molecular flexibility index (Phi) is 2.74. The van der Waals surface area contributed by atoms with Crippen molar-refractivity contribution in [1.29, 1.82) is 0 Å². The molecule has 2 aliphatic rings. The van der Waals surface area contributed by atoms with Gasteiger partial charge in [0.1, 0.15) is 6.61 Å². The summed E-state index contributed by atoms with van der Waals surface area (Å²) in [5.41, 5.74) is -0.0465. The fraction of sp³-hybridized carbons (Fsp3) is 0.900. The molecule has 0 aromatic carbocycles. The van der Waals surface area contributed by atoms with E-state index in [0.29, 0.717) is 0 Å². The van der Waals surface area contributed by atoms with Crippen LogP contribution in [0, 0.1) is 0 Å². The van der Waals surface area contributed by atoms with E-state index in [-0.39, 0.29) is 18.1 Å². The van der Waals surface area contributed by atoms with Crippen LogP contribution in [0.3, 0.4) is 0 Å². The van der Waals surface area contributed by atoms with Crippen LogP contribution in [-0.2, 0) is 9.53 Å². The number of nitrogens with zero attached hydrogens (tertiary/aromatic N) is 1. The number of hydrogen-bond acceptors (Lipinski definition) is 3. The first-order valence-electron chi connectivity index (χ1n) is 5.38. The molecule has 14 heavy (non-hydrogen) atoms. The Morgan fingerprint density at radius 2 is 2.21 bits per heavy atom. The third-order valence-electron chi connectivity index (χ3n) is 3.23. The van der Waals surface area contributed by atoms with Crippen LogP contribution in [0.1, 0.15) is 19.8 Å². The second-order valence-electron chi connectivity index (χ2n) is 4.13. The van der Waals surface area contributed by atoms with Gasteiger partial charge in [-0.05, 0) is 32.9 Å². The average Bonchev–Trinajstić information content (AvgIpc) is 2.23. The van der Waals surface area contributed by atoms with Gasteiger partial charge < -0.3 is 15.0 Å². The first-order valence-corrected chi connectivity index (χ1v) is 5.38. The van der Waals surface area contributed by atoms with Gasteiger partial charge in [0.2, 0.25) is 5.91 Å². The summed E-state index contributed by atoms with van der Waals surface area (Å²) in [6.45, 7) is 5.89. The van der Waals surface area contributed by atoms with Crippen molar-refractivity contribution in [2.45, 2.75) is 25.4 Å². The van der Waals surface area contributed by atoms with Crippen molar-refractivity contribution in [1.82, 2.24) is 10.2 Å². The van der Waals surface area contributed by atoms with Gasteiger partial charge in [0.15, 0.2) is 0 Å². The van der Waals surface area contributed by atoms with E-state index in [1.165, 1.54) is 0 Å². The van der Waals surface area contributed by atoms with Crippen LogP contribution in [0.4, 0.5) is 0 Å². The Balaban J connectivity index is 2.03. The first kappa shape index (κ1) is 9.93. The monoisotopic (exact) mass is 198 g/mol. The highest BCUT2D eigenvalue weighted by molar-refractivity contribution is 5.78. The largest absolute Gasteiger partial charge is 0.363 e. The third kappa shape index (κ3) is 1.77. The summed E-state index contributed by atoms with van der Waals surface area (Å²) in [4.78, 5) is 13.3. The lowest BCUT2D eigenvalue weighted by Crippen LogP contribution is -2.58. The first-order chi connectivity index (χ1) is 6.76. The topological polar surface area (TPSA) is 41.6 Å². The molecule has 0 aromatic rings. The molecule has 80 valence electrons. The zero-order valence-electron chi connectivity index (χ0n) is 8.71. The van der Waals surface area contributed by atoms with Crippen LogP contribution in [0.25, 0.3) is 0 Å². The molecule has 4 heteroatoms. The number of nitrogens with one attached hydrogen (secondary N) is 1. The molecule has 0 radical (unpaired) electrons. The van der Waals surface area contributed by atoms with E-state index < -0.39 is 0 Å². The highest BCUT2D eigenvalue weighted by Gasteiger charge is 2.39. The van der Waals surface area contributed by atoms with Crippen molar-refractivity contribution in [2.75, 3.05) is 32.8 Å².